The van der Waals surface area contributed by atoms with Crippen molar-refractivity contribution >= 4 is 0 Å². The van der Waals surface area contributed by atoms with E-state index >= 15 is 0 Å². The molecule has 0 amide bonds. The van der Waals surface area contributed by atoms with Crippen molar-refractivity contribution in [3.05, 3.63) is 30.3 Å². The highest BCUT2D eigenvalue weighted by molar-refractivity contribution is 5.20. The van der Waals surface area contributed by atoms with E-state index in [1.54, 1.807) is 0 Å². The second kappa shape index (κ2) is 8.92. The quantitative estimate of drug-likeness (QED) is 0.673. The van der Waals surface area contributed by atoms with Gasteiger partial charge in [0.25, 0.3) is 0 Å². The molecule has 1 aromatic rings. The predicted molar refractivity (Wildman–Crippen MR) is 78.1 cm³/mol. The summed E-state index contributed by atoms with van der Waals surface area (Å²) in [7, 11) is 0. The van der Waals surface area contributed by atoms with Gasteiger partial charge in [0.2, 0.25) is 0 Å². The molecular formula is C15H24N2O3. The van der Waals surface area contributed by atoms with Crippen LogP contribution in [0.2, 0.25) is 0 Å². The largest absolute Gasteiger partial charge is 0.491 e. The van der Waals surface area contributed by atoms with Gasteiger partial charge in [-0.1, -0.05) is 18.2 Å². The number of benzene rings is 1. The Morgan fingerprint density at radius 3 is 2.75 bits per heavy atom. The van der Waals surface area contributed by atoms with Crippen molar-refractivity contribution in [2.45, 2.75) is 6.10 Å². The highest BCUT2D eigenvalue weighted by Gasteiger charge is 2.10. The van der Waals surface area contributed by atoms with Gasteiger partial charge in [-0.25, -0.2) is 0 Å². The first-order chi connectivity index (χ1) is 9.84. The van der Waals surface area contributed by atoms with Crippen LogP contribution in [0.25, 0.3) is 0 Å². The van der Waals surface area contributed by atoms with E-state index in [2.05, 4.69) is 10.2 Å². The molecule has 0 spiro atoms. The van der Waals surface area contributed by atoms with Crippen LogP contribution in [-0.4, -0.2) is 68.7 Å². The molecule has 2 N–H and O–H groups in total. The Bertz CT molecular complexity index is 355. The number of nitrogens with one attached hydrogen (secondary N) is 1. The van der Waals surface area contributed by atoms with E-state index < -0.39 is 6.10 Å². The van der Waals surface area contributed by atoms with Gasteiger partial charge in [0.15, 0.2) is 0 Å². The average Bonchev–Trinajstić information content (AvgIpc) is 2.52. The molecule has 5 nitrogen and oxygen atoms in total. The first-order valence-corrected chi connectivity index (χ1v) is 7.21. The van der Waals surface area contributed by atoms with Gasteiger partial charge < -0.3 is 19.9 Å². The summed E-state index contributed by atoms with van der Waals surface area (Å²) < 4.78 is 10.8. The third-order valence-electron chi connectivity index (χ3n) is 3.27. The Labute approximate surface area is 120 Å². The number of hydrogen-bond acceptors (Lipinski definition) is 5. The summed E-state index contributed by atoms with van der Waals surface area (Å²) in [5.41, 5.74) is 0. The van der Waals surface area contributed by atoms with Crippen LogP contribution in [0, 0.1) is 0 Å². The van der Waals surface area contributed by atoms with E-state index in [0.29, 0.717) is 13.2 Å². The number of nitrogens with zero attached hydrogens (tertiary/aromatic N) is 1. The van der Waals surface area contributed by atoms with Gasteiger partial charge in [-0.15, -0.1) is 0 Å². The highest BCUT2D eigenvalue weighted by atomic mass is 16.5. The van der Waals surface area contributed by atoms with Crippen molar-refractivity contribution in [2.75, 3.05) is 52.5 Å². The molecule has 1 aromatic carbocycles. The minimum Gasteiger partial charge on any atom is -0.491 e. The Balaban J connectivity index is 1.50. The van der Waals surface area contributed by atoms with E-state index in [1.165, 1.54) is 0 Å². The Hall–Kier alpha value is -1.14. The van der Waals surface area contributed by atoms with Crippen LogP contribution in [0.5, 0.6) is 5.75 Å². The first-order valence-electron chi connectivity index (χ1n) is 7.21. The molecule has 0 radical (unpaired) electrons. The fourth-order valence-electron chi connectivity index (χ4n) is 2.10. The van der Waals surface area contributed by atoms with Crippen LogP contribution < -0.4 is 10.1 Å². The average molecular weight is 280 g/mol. The molecule has 1 saturated heterocycles. The number of para-hydroxylation sites is 1. The molecule has 2 rings (SSSR count). The lowest BCUT2D eigenvalue weighted by Gasteiger charge is -2.26. The van der Waals surface area contributed by atoms with Crippen LogP contribution >= 0.6 is 0 Å². The van der Waals surface area contributed by atoms with E-state index in [0.717, 1.165) is 45.1 Å². The zero-order valence-corrected chi connectivity index (χ0v) is 11.8. The first kappa shape index (κ1) is 15.3. The van der Waals surface area contributed by atoms with E-state index in [4.69, 9.17) is 9.47 Å². The summed E-state index contributed by atoms with van der Waals surface area (Å²) in [6.45, 7) is 6.40. The third-order valence-corrected chi connectivity index (χ3v) is 3.27. The molecular weight excluding hydrogens is 256 g/mol. The molecule has 1 fully saturated rings. The van der Waals surface area contributed by atoms with Crippen molar-refractivity contribution in [3.63, 3.8) is 0 Å². The van der Waals surface area contributed by atoms with Gasteiger partial charge in [0.05, 0.1) is 13.2 Å². The fraction of sp³-hybridized carbons (Fsp3) is 0.600. The Kier molecular flexibility index (Phi) is 6.80. The topological polar surface area (TPSA) is 54.0 Å². The summed E-state index contributed by atoms with van der Waals surface area (Å²) in [6, 6.07) is 9.55. The van der Waals surface area contributed by atoms with Crippen molar-refractivity contribution in [2.24, 2.45) is 0 Å². The second-order valence-electron chi connectivity index (χ2n) is 4.94. The van der Waals surface area contributed by atoms with Crippen molar-refractivity contribution < 1.29 is 14.6 Å². The number of aliphatic hydroxyl groups excluding tert-OH is 1. The van der Waals surface area contributed by atoms with Gasteiger partial charge in [-0.05, 0) is 12.1 Å². The van der Waals surface area contributed by atoms with Crippen LogP contribution in [0.3, 0.4) is 0 Å². The van der Waals surface area contributed by atoms with Gasteiger partial charge in [-0.3, -0.25) is 4.90 Å². The van der Waals surface area contributed by atoms with E-state index in [1.807, 2.05) is 30.3 Å². The summed E-state index contributed by atoms with van der Waals surface area (Å²) in [4.78, 5) is 2.36. The highest BCUT2D eigenvalue weighted by Crippen LogP contribution is 2.08. The molecule has 1 heterocycles. The summed E-state index contributed by atoms with van der Waals surface area (Å²) in [6.07, 6.45) is -0.486. The molecule has 1 aliphatic rings. The monoisotopic (exact) mass is 280 g/mol. The normalized spacial score (nSPS) is 17.9. The molecule has 5 heteroatoms. The Morgan fingerprint density at radius 2 is 2.00 bits per heavy atom. The number of hydrogen-bond donors (Lipinski definition) is 2. The lowest BCUT2D eigenvalue weighted by atomic mass is 10.3. The molecule has 0 unspecified atom stereocenters. The molecule has 112 valence electrons. The SMILES string of the molecule is O[C@H](CNCCN1CCOCC1)COc1ccccc1. The van der Waals surface area contributed by atoms with Gasteiger partial charge in [0.1, 0.15) is 18.5 Å². The van der Waals surface area contributed by atoms with E-state index in [9.17, 15) is 5.11 Å². The predicted octanol–water partition coefficient (Wildman–Crippen LogP) is 0.348. The molecule has 0 bridgehead atoms. The third kappa shape index (κ3) is 5.88. The number of aliphatic hydroxyl groups is 1. The maximum atomic E-state index is 9.83. The minimum atomic E-state index is -0.486. The summed E-state index contributed by atoms with van der Waals surface area (Å²) >= 11 is 0. The Morgan fingerprint density at radius 1 is 1.25 bits per heavy atom. The van der Waals surface area contributed by atoms with Crippen LogP contribution in [0.1, 0.15) is 0 Å². The molecule has 1 aliphatic heterocycles. The zero-order valence-electron chi connectivity index (χ0n) is 11.8. The van der Waals surface area contributed by atoms with Crippen molar-refractivity contribution in [1.29, 1.82) is 0 Å². The van der Waals surface area contributed by atoms with Crippen molar-refractivity contribution in [1.82, 2.24) is 10.2 Å². The van der Waals surface area contributed by atoms with Gasteiger partial charge in [0, 0.05) is 32.7 Å². The zero-order chi connectivity index (χ0) is 14.0. The number of ether oxygens (including phenoxy) is 2. The molecule has 1 atom stereocenters. The molecule has 20 heavy (non-hydrogen) atoms. The minimum absolute atomic E-state index is 0.314. The lowest BCUT2D eigenvalue weighted by Crippen LogP contribution is -2.41. The standard InChI is InChI=1S/C15H24N2O3/c18-14(13-20-15-4-2-1-3-5-15)12-16-6-7-17-8-10-19-11-9-17/h1-5,14,16,18H,6-13H2/t14-/m1/s1. The molecule has 0 aliphatic carbocycles. The molecule has 0 saturated carbocycles. The van der Waals surface area contributed by atoms with Gasteiger partial charge in [-0.2, -0.15) is 0 Å². The second-order valence-corrected chi connectivity index (χ2v) is 4.94. The fourth-order valence-corrected chi connectivity index (χ4v) is 2.10. The number of morpholine rings is 1. The van der Waals surface area contributed by atoms with Gasteiger partial charge >= 0.3 is 0 Å². The van der Waals surface area contributed by atoms with Crippen LogP contribution in [0.4, 0.5) is 0 Å². The molecule has 0 aromatic heterocycles. The van der Waals surface area contributed by atoms with E-state index in [-0.39, 0.29) is 0 Å². The van der Waals surface area contributed by atoms with Crippen LogP contribution in [-0.2, 0) is 4.74 Å². The smallest absolute Gasteiger partial charge is 0.119 e. The summed E-state index contributed by atoms with van der Waals surface area (Å²) in [5, 5.41) is 13.1. The number of rotatable bonds is 8. The maximum Gasteiger partial charge on any atom is 0.119 e. The lowest BCUT2D eigenvalue weighted by molar-refractivity contribution is 0.0376. The summed E-state index contributed by atoms with van der Waals surface area (Å²) in [5.74, 6) is 0.792. The van der Waals surface area contributed by atoms with Crippen molar-refractivity contribution in [3.8, 4) is 5.75 Å². The maximum absolute atomic E-state index is 9.83. The van der Waals surface area contributed by atoms with Crippen LogP contribution in [0.15, 0.2) is 30.3 Å².